The van der Waals surface area contributed by atoms with Crippen molar-refractivity contribution in [3.05, 3.63) is 69.0 Å². The number of carbonyl (C=O) groups excluding carboxylic acids is 2. The average molecular weight is 425 g/mol. The molecule has 164 valence electrons. The van der Waals surface area contributed by atoms with Gasteiger partial charge in [-0.2, -0.15) is 0 Å². The fourth-order valence-electron chi connectivity index (χ4n) is 3.76. The van der Waals surface area contributed by atoms with E-state index in [4.69, 9.17) is 4.98 Å². The van der Waals surface area contributed by atoms with Crippen LogP contribution in [0.3, 0.4) is 0 Å². The first-order valence-electron chi connectivity index (χ1n) is 10.5. The highest BCUT2D eigenvalue weighted by atomic mass is 16.6. The number of benzene rings is 1. The summed E-state index contributed by atoms with van der Waals surface area (Å²) in [5.41, 5.74) is 2.70. The van der Waals surface area contributed by atoms with Crippen molar-refractivity contribution >= 4 is 17.5 Å². The smallest absolute Gasteiger partial charge is 0.269 e. The predicted octanol–water partition coefficient (Wildman–Crippen LogP) is 3.80. The normalized spacial score (nSPS) is 14.5. The van der Waals surface area contributed by atoms with E-state index in [0.717, 1.165) is 11.4 Å². The molecule has 0 radical (unpaired) electrons. The minimum Gasteiger partial charge on any atom is -0.339 e. The maximum Gasteiger partial charge on any atom is 0.269 e. The topological polar surface area (TPSA) is 96.7 Å². The summed E-state index contributed by atoms with van der Waals surface area (Å²) in [7, 11) is 1.79. The maximum absolute atomic E-state index is 13.0. The molecule has 8 nitrogen and oxygen atoms in total. The first-order valence-corrected chi connectivity index (χ1v) is 10.5. The van der Waals surface area contributed by atoms with Gasteiger partial charge >= 0.3 is 0 Å². The Kier molecular flexibility index (Phi) is 6.68. The molecule has 1 saturated heterocycles. The molecule has 0 N–H and O–H groups in total. The number of hydrogen-bond acceptors (Lipinski definition) is 5. The van der Waals surface area contributed by atoms with Gasteiger partial charge in [-0.15, -0.1) is 0 Å². The van der Waals surface area contributed by atoms with Gasteiger partial charge in [0.25, 0.3) is 17.5 Å². The summed E-state index contributed by atoms with van der Waals surface area (Å²) in [6.07, 6.45) is 1.42. The van der Waals surface area contributed by atoms with E-state index in [2.05, 4.69) is 0 Å². The van der Waals surface area contributed by atoms with E-state index < -0.39 is 4.92 Å². The highest BCUT2D eigenvalue weighted by molar-refractivity contribution is 5.96. The summed E-state index contributed by atoms with van der Waals surface area (Å²) in [6, 6.07) is 9.48. The van der Waals surface area contributed by atoms with Gasteiger partial charge in [0.2, 0.25) is 0 Å². The number of pyridine rings is 1. The number of aromatic nitrogens is 1. The van der Waals surface area contributed by atoms with Gasteiger partial charge in [0.1, 0.15) is 0 Å². The highest BCUT2D eigenvalue weighted by Crippen LogP contribution is 2.31. The molecule has 31 heavy (non-hydrogen) atoms. The lowest BCUT2D eigenvalue weighted by Crippen LogP contribution is -2.39. The molecule has 1 aliphatic heterocycles. The monoisotopic (exact) mass is 424 g/mol. The lowest BCUT2D eigenvalue weighted by molar-refractivity contribution is -0.384. The summed E-state index contributed by atoms with van der Waals surface area (Å²) >= 11 is 0. The van der Waals surface area contributed by atoms with Gasteiger partial charge in [-0.1, -0.05) is 0 Å². The van der Waals surface area contributed by atoms with Gasteiger partial charge in [0.05, 0.1) is 16.2 Å². The van der Waals surface area contributed by atoms with Crippen LogP contribution in [0.15, 0.2) is 36.4 Å². The third-order valence-corrected chi connectivity index (χ3v) is 5.88. The van der Waals surface area contributed by atoms with Gasteiger partial charge in [-0.3, -0.25) is 24.7 Å². The van der Waals surface area contributed by atoms with Crippen molar-refractivity contribution in [2.75, 3.05) is 20.1 Å². The van der Waals surface area contributed by atoms with Crippen molar-refractivity contribution in [1.29, 1.82) is 0 Å². The number of non-ortho nitro benzene ring substituents is 1. The van der Waals surface area contributed by atoms with Crippen LogP contribution < -0.4 is 0 Å². The van der Waals surface area contributed by atoms with Crippen LogP contribution in [0.1, 0.15) is 64.7 Å². The lowest BCUT2D eigenvalue weighted by atomic mass is 9.89. The van der Waals surface area contributed by atoms with Crippen molar-refractivity contribution in [2.45, 2.75) is 45.6 Å². The van der Waals surface area contributed by atoms with Crippen LogP contribution in [0, 0.1) is 17.0 Å². The molecule has 3 rings (SSSR count). The van der Waals surface area contributed by atoms with Gasteiger partial charge < -0.3 is 9.80 Å². The number of rotatable bonds is 5. The lowest BCUT2D eigenvalue weighted by Gasteiger charge is -2.33. The average Bonchev–Trinajstić information content (AvgIpc) is 2.77. The number of hydrogen-bond donors (Lipinski definition) is 0. The maximum atomic E-state index is 13.0. The number of aryl methyl sites for hydroxylation is 1. The van der Waals surface area contributed by atoms with Crippen molar-refractivity contribution in [3.63, 3.8) is 0 Å². The first kappa shape index (κ1) is 22.4. The zero-order chi connectivity index (χ0) is 22.7. The molecule has 1 fully saturated rings. The molecule has 1 aromatic heterocycles. The van der Waals surface area contributed by atoms with Crippen molar-refractivity contribution in [3.8, 4) is 0 Å². The summed E-state index contributed by atoms with van der Waals surface area (Å²) in [5.74, 6) is -0.0800. The summed E-state index contributed by atoms with van der Waals surface area (Å²) < 4.78 is 0. The number of nitrogens with zero attached hydrogens (tertiary/aromatic N) is 4. The molecule has 1 aliphatic rings. The van der Waals surface area contributed by atoms with Gasteiger partial charge in [-0.05, 0) is 57.9 Å². The molecule has 0 bridgehead atoms. The Bertz CT molecular complexity index is 980. The fraction of sp³-hybridized carbons (Fsp3) is 0.435. The van der Waals surface area contributed by atoms with Gasteiger partial charge in [-0.25, -0.2) is 0 Å². The summed E-state index contributed by atoms with van der Waals surface area (Å²) in [5, 5.41) is 10.8. The molecule has 8 heteroatoms. The predicted molar refractivity (Wildman–Crippen MR) is 117 cm³/mol. The molecule has 0 spiro atoms. The molecule has 2 heterocycles. The Labute approximate surface area is 182 Å². The van der Waals surface area contributed by atoms with E-state index in [0.29, 0.717) is 37.1 Å². The zero-order valence-corrected chi connectivity index (χ0v) is 18.4. The molecule has 0 aliphatic carbocycles. The zero-order valence-electron chi connectivity index (χ0n) is 18.4. The number of nitro groups is 1. The Morgan fingerprint density at radius 1 is 1.13 bits per heavy atom. The largest absolute Gasteiger partial charge is 0.339 e. The van der Waals surface area contributed by atoms with E-state index in [-0.39, 0.29) is 29.5 Å². The number of amides is 2. The van der Waals surface area contributed by atoms with E-state index >= 15 is 0 Å². The van der Waals surface area contributed by atoms with E-state index in [1.807, 2.05) is 32.9 Å². The minimum atomic E-state index is -0.482. The van der Waals surface area contributed by atoms with E-state index in [1.54, 1.807) is 16.8 Å². The van der Waals surface area contributed by atoms with Gasteiger partial charge in [0.15, 0.2) is 0 Å². The molecular weight excluding hydrogens is 396 g/mol. The van der Waals surface area contributed by atoms with Crippen LogP contribution in [0.25, 0.3) is 0 Å². The second-order valence-corrected chi connectivity index (χ2v) is 8.27. The Morgan fingerprint density at radius 2 is 1.74 bits per heavy atom. The first-order chi connectivity index (χ1) is 14.7. The molecule has 2 amide bonds. The molecule has 0 saturated carbocycles. The van der Waals surface area contributed by atoms with Crippen molar-refractivity contribution < 1.29 is 14.5 Å². The third kappa shape index (κ3) is 4.90. The molecule has 0 unspecified atom stereocenters. The van der Waals surface area contributed by atoms with Crippen LogP contribution in [0.4, 0.5) is 5.69 Å². The number of nitro benzene ring substituents is 1. The fourth-order valence-corrected chi connectivity index (χ4v) is 3.76. The Morgan fingerprint density at radius 3 is 2.29 bits per heavy atom. The quantitative estimate of drug-likeness (QED) is 0.537. The van der Waals surface area contributed by atoms with E-state index in [1.165, 1.54) is 24.3 Å². The summed E-state index contributed by atoms with van der Waals surface area (Å²) in [4.78, 5) is 44.3. The minimum absolute atomic E-state index is 0.0376. The Hall–Kier alpha value is -3.29. The van der Waals surface area contributed by atoms with Crippen LogP contribution >= 0.6 is 0 Å². The Balaban J connectivity index is 1.73. The van der Waals surface area contributed by atoms with Gasteiger partial charge in [0, 0.05) is 55.5 Å². The second-order valence-electron chi connectivity index (χ2n) is 8.27. The number of piperidine rings is 1. The highest BCUT2D eigenvalue weighted by Gasteiger charge is 2.29. The van der Waals surface area contributed by atoms with Crippen LogP contribution in [-0.2, 0) is 0 Å². The van der Waals surface area contributed by atoms with Crippen LogP contribution in [0.5, 0.6) is 0 Å². The summed E-state index contributed by atoms with van der Waals surface area (Å²) in [6.45, 7) is 6.95. The van der Waals surface area contributed by atoms with Crippen molar-refractivity contribution in [1.82, 2.24) is 14.8 Å². The van der Waals surface area contributed by atoms with Crippen molar-refractivity contribution in [2.24, 2.45) is 0 Å². The SMILES string of the molecule is Cc1ccc(C(=O)N(C)C(C)C)c(C2CCN(C(=O)c3ccc([N+](=O)[O-])cc3)CC2)n1. The molecular formula is C23H28N4O4. The molecule has 0 atom stereocenters. The number of carbonyl (C=O) groups is 2. The molecule has 2 aromatic rings. The van der Waals surface area contributed by atoms with Crippen LogP contribution in [0.2, 0.25) is 0 Å². The number of likely N-dealkylation sites (tertiary alicyclic amines) is 1. The standard InChI is InChI=1S/C23H28N4O4/c1-15(2)25(4)23(29)20-10-5-16(3)24-21(20)17-11-13-26(14-12-17)22(28)18-6-8-19(9-7-18)27(30)31/h5-10,15,17H,11-14H2,1-4H3. The molecule has 1 aromatic carbocycles. The van der Waals surface area contributed by atoms with E-state index in [9.17, 15) is 19.7 Å². The third-order valence-electron chi connectivity index (χ3n) is 5.88. The second kappa shape index (κ2) is 9.24. The van der Waals surface area contributed by atoms with Crippen LogP contribution in [-0.4, -0.2) is 57.7 Å².